The number of benzene rings is 3. The van der Waals surface area contributed by atoms with Crippen molar-refractivity contribution in [3.8, 4) is 11.5 Å². The number of nitrogens with zero attached hydrogens (tertiary/aromatic N) is 1. The topological polar surface area (TPSA) is 67.9 Å². The molecule has 3 aromatic carbocycles. The summed E-state index contributed by atoms with van der Waals surface area (Å²) >= 11 is 19.3. The van der Waals surface area contributed by atoms with Gasteiger partial charge in [-0.25, -0.2) is 9.29 Å². The van der Waals surface area contributed by atoms with E-state index in [0.29, 0.717) is 37.3 Å². The van der Waals surface area contributed by atoms with Crippen LogP contribution in [0.3, 0.4) is 0 Å². The molecule has 37 heavy (non-hydrogen) atoms. The van der Waals surface area contributed by atoms with Crippen LogP contribution >= 0.6 is 58.0 Å². The molecule has 190 valence electrons. The van der Waals surface area contributed by atoms with Crippen LogP contribution in [0.4, 0.5) is 10.1 Å². The summed E-state index contributed by atoms with van der Waals surface area (Å²) in [6.07, 6.45) is 1.40. The molecule has 0 bridgehead atoms. The minimum Gasteiger partial charge on any atom is -0.490 e. The van der Waals surface area contributed by atoms with Gasteiger partial charge in [0.1, 0.15) is 18.0 Å². The number of hydrogen-bond acceptors (Lipinski definition) is 5. The van der Waals surface area contributed by atoms with Crippen molar-refractivity contribution >= 4 is 86.7 Å². The van der Waals surface area contributed by atoms with Crippen LogP contribution in [0.25, 0.3) is 6.08 Å². The molecular weight excluding hydrogens is 653 g/mol. The predicted octanol–water partition coefficient (Wildman–Crippen LogP) is 6.55. The SMILES string of the molecule is CCOc1cc(/C=C2\C(=O)NC(=S)N(c3ccccc3F)C2=O)cc(I)c1OCc1ccc(Cl)c(Cl)c1. The molecule has 6 nitrogen and oxygen atoms in total. The minimum absolute atomic E-state index is 0.0564. The number of ether oxygens (including phenoxy) is 2. The van der Waals surface area contributed by atoms with E-state index in [4.69, 9.17) is 44.9 Å². The summed E-state index contributed by atoms with van der Waals surface area (Å²) in [4.78, 5) is 26.9. The lowest BCUT2D eigenvalue weighted by atomic mass is 10.1. The summed E-state index contributed by atoms with van der Waals surface area (Å²) in [5.41, 5.74) is 1.06. The highest BCUT2D eigenvalue weighted by atomic mass is 127. The average molecular weight is 671 g/mol. The van der Waals surface area contributed by atoms with Gasteiger partial charge < -0.3 is 9.47 Å². The Morgan fingerprint density at radius 3 is 2.54 bits per heavy atom. The van der Waals surface area contributed by atoms with Crippen LogP contribution < -0.4 is 19.7 Å². The molecule has 0 aliphatic carbocycles. The summed E-state index contributed by atoms with van der Waals surface area (Å²) in [5.74, 6) is -1.16. The first kappa shape index (κ1) is 27.3. The first-order valence-corrected chi connectivity index (χ1v) is 13.1. The smallest absolute Gasteiger partial charge is 0.270 e. The lowest BCUT2D eigenvalue weighted by Crippen LogP contribution is -2.54. The highest BCUT2D eigenvalue weighted by molar-refractivity contribution is 14.1. The predicted molar refractivity (Wildman–Crippen MR) is 154 cm³/mol. The molecule has 0 atom stereocenters. The molecule has 0 radical (unpaired) electrons. The zero-order valence-electron chi connectivity index (χ0n) is 19.2. The van der Waals surface area contributed by atoms with Crippen LogP contribution in [0.1, 0.15) is 18.1 Å². The maximum Gasteiger partial charge on any atom is 0.270 e. The van der Waals surface area contributed by atoms with Crippen molar-refractivity contribution in [1.29, 1.82) is 0 Å². The highest BCUT2D eigenvalue weighted by Crippen LogP contribution is 2.36. The molecule has 3 aromatic rings. The van der Waals surface area contributed by atoms with E-state index >= 15 is 0 Å². The molecule has 0 spiro atoms. The molecular formula is C26H18Cl2FIN2O4S. The molecule has 1 aliphatic heterocycles. The molecule has 1 fully saturated rings. The number of carbonyl (C=O) groups is 2. The van der Waals surface area contributed by atoms with Gasteiger partial charge in [-0.2, -0.15) is 0 Å². The van der Waals surface area contributed by atoms with E-state index in [1.54, 1.807) is 36.4 Å². The Bertz CT molecular complexity index is 1450. The fourth-order valence-corrected chi connectivity index (χ4v) is 4.91. The third-order valence-electron chi connectivity index (χ3n) is 5.20. The quantitative estimate of drug-likeness (QED) is 0.134. The van der Waals surface area contributed by atoms with Gasteiger partial charge in [-0.05, 0) is 95.3 Å². The largest absolute Gasteiger partial charge is 0.490 e. The maximum absolute atomic E-state index is 14.4. The summed E-state index contributed by atoms with van der Waals surface area (Å²) in [7, 11) is 0. The lowest BCUT2D eigenvalue weighted by molar-refractivity contribution is -0.122. The van der Waals surface area contributed by atoms with Crippen LogP contribution in [0, 0.1) is 9.39 Å². The summed E-state index contributed by atoms with van der Waals surface area (Å²) in [6, 6.07) is 14.3. The fourth-order valence-electron chi connectivity index (χ4n) is 3.54. The van der Waals surface area contributed by atoms with E-state index in [9.17, 15) is 14.0 Å². The molecule has 0 unspecified atom stereocenters. The summed E-state index contributed by atoms with van der Waals surface area (Å²) < 4.78 is 26.9. The molecule has 1 heterocycles. The fraction of sp³-hybridized carbons (Fsp3) is 0.115. The third kappa shape index (κ3) is 6.06. The second kappa shape index (κ2) is 11.8. The van der Waals surface area contributed by atoms with Gasteiger partial charge in [0.05, 0.1) is 25.9 Å². The van der Waals surface area contributed by atoms with E-state index < -0.39 is 17.6 Å². The van der Waals surface area contributed by atoms with E-state index in [1.807, 2.05) is 6.92 Å². The van der Waals surface area contributed by atoms with E-state index in [-0.39, 0.29) is 23.0 Å². The number of rotatable bonds is 7. The van der Waals surface area contributed by atoms with Gasteiger partial charge in [0.15, 0.2) is 16.6 Å². The Morgan fingerprint density at radius 2 is 1.84 bits per heavy atom. The number of nitrogens with one attached hydrogen (secondary N) is 1. The zero-order chi connectivity index (χ0) is 26.7. The molecule has 0 saturated carbocycles. The van der Waals surface area contributed by atoms with Gasteiger partial charge in [-0.1, -0.05) is 41.4 Å². The van der Waals surface area contributed by atoms with Crippen molar-refractivity contribution in [3.05, 3.63) is 90.7 Å². The molecule has 4 rings (SSSR count). The number of hydrogen-bond donors (Lipinski definition) is 1. The minimum atomic E-state index is -0.744. The first-order chi connectivity index (χ1) is 17.7. The third-order valence-corrected chi connectivity index (χ3v) is 7.03. The standard InChI is InChI=1S/C26H18Cl2FIN2O4S/c1-2-35-22-12-15(11-20(30)23(22)36-13-14-7-8-17(27)18(28)10-14)9-16-24(33)31-26(37)32(25(16)34)21-6-4-3-5-19(21)29/h3-12H,2,13H2,1H3,(H,31,33,37)/b16-9+. The Morgan fingerprint density at radius 1 is 1.08 bits per heavy atom. The number of halogens is 4. The lowest BCUT2D eigenvalue weighted by Gasteiger charge is -2.29. The molecule has 1 N–H and O–H groups in total. The molecule has 1 aliphatic rings. The van der Waals surface area contributed by atoms with E-state index in [0.717, 1.165) is 10.5 Å². The van der Waals surface area contributed by atoms with Crippen LogP contribution in [-0.2, 0) is 16.2 Å². The Hall–Kier alpha value is -2.73. The monoisotopic (exact) mass is 670 g/mol. The molecule has 2 amide bonds. The maximum atomic E-state index is 14.4. The summed E-state index contributed by atoms with van der Waals surface area (Å²) in [6.45, 7) is 2.39. The molecule has 1 saturated heterocycles. The van der Waals surface area contributed by atoms with Gasteiger partial charge in [0.25, 0.3) is 11.8 Å². The number of amides is 2. The first-order valence-electron chi connectivity index (χ1n) is 10.9. The Balaban J connectivity index is 1.66. The van der Waals surface area contributed by atoms with Crippen LogP contribution in [0.5, 0.6) is 11.5 Å². The van der Waals surface area contributed by atoms with Crippen molar-refractivity contribution in [2.45, 2.75) is 13.5 Å². The number of carbonyl (C=O) groups excluding carboxylic acids is 2. The zero-order valence-corrected chi connectivity index (χ0v) is 23.7. The normalized spacial score (nSPS) is 14.7. The van der Waals surface area contributed by atoms with Crippen molar-refractivity contribution in [2.24, 2.45) is 0 Å². The van der Waals surface area contributed by atoms with Gasteiger partial charge in [-0.3, -0.25) is 14.9 Å². The number of anilines is 1. The van der Waals surface area contributed by atoms with Crippen molar-refractivity contribution in [3.63, 3.8) is 0 Å². The summed E-state index contributed by atoms with van der Waals surface area (Å²) in [5, 5.41) is 3.12. The van der Waals surface area contributed by atoms with Gasteiger partial charge in [-0.15, -0.1) is 0 Å². The van der Waals surface area contributed by atoms with E-state index in [2.05, 4.69) is 27.9 Å². The Kier molecular flexibility index (Phi) is 8.68. The molecule has 0 aromatic heterocycles. The van der Waals surface area contributed by atoms with Crippen LogP contribution in [0.2, 0.25) is 10.0 Å². The van der Waals surface area contributed by atoms with Gasteiger partial charge >= 0.3 is 0 Å². The number of para-hydroxylation sites is 1. The second-order valence-corrected chi connectivity index (χ2v) is 10.1. The van der Waals surface area contributed by atoms with Crippen molar-refractivity contribution in [1.82, 2.24) is 5.32 Å². The Labute approximate surface area is 241 Å². The second-order valence-electron chi connectivity index (χ2n) is 7.71. The van der Waals surface area contributed by atoms with Crippen LogP contribution in [-0.4, -0.2) is 23.5 Å². The highest BCUT2D eigenvalue weighted by Gasteiger charge is 2.35. The average Bonchev–Trinajstić information content (AvgIpc) is 2.84. The van der Waals surface area contributed by atoms with Crippen LogP contribution in [0.15, 0.2) is 60.2 Å². The van der Waals surface area contributed by atoms with Gasteiger partial charge in [0, 0.05) is 0 Å². The van der Waals surface area contributed by atoms with Crippen molar-refractivity contribution in [2.75, 3.05) is 11.5 Å². The van der Waals surface area contributed by atoms with Gasteiger partial charge in [0.2, 0.25) is 0 Å². The van der Waals surface area contributed by atoms with Crippen molar-refractivity contribution < 1.29 is 23.5 Å². The van der Waals surface area contributed by atoms with E-state index in [1.165, 1.54) is 24.3 Å². The molecule has 11 heteroatoms. The number of thiocarbonyl (C=S) groups is 1.